The summed E-state index contributed by atoms with van der Waals surface area (Å²) in [6.07, 6.45) is 37.9. The van der Waals surface area contributed by atoms with Gasteiger partial charge < -0.3 is 0 Å². The summed E-state index contributed by atoms with van der Waals surface area (Å²) in [5.41, 5.74) is 0. The minimum absolute atomic E-state index is 0.880. The van der Waals surface area contributed by atoms with E-state index in [-0.39, 0.29) is 0 Å². The fourth-order valence-corrected chi connectivity index (χ4v) is 7.83. The van der Waals surface area contributed by atoms with Gasteiger partial charge in [0.1, 0.15) is 15.1 Å². The van der Waals surface area contributed by atoms with E-state index in [9.17, 15) is 0 Å². The average Bonchev–Trinajstić information content (AvgIpc) is 3.60. The quantitative estimate of drug-likeness (QED) is 0.106. The number of aromatic nitrogens is 3. The van der Waals surface area contributed by atoms with Gasteiger partial charge in [-0.1, -0.05) is 339 Å². The molecule has 0 aromatic carbocycles. The van der Waals surface area contributed by atoms with Gasteiger partial charge in [-0.3, -0.25) is 0 Å². The smallest absolute Gasteiger partial charge is 0.106 e. The van der Waals surface area contributed by atoms with Gasteiger partial charge in [0.2, 0.25) is 0 Å². The van der Waals surface area contributed by atoms with Gasteiger partial charge in [0.25, 0.3) is 0 Å². The van der Waals surface area contributed by atoms with Crippen LogP contribution >= 0.6 is 211 Å². The van der Waals surface area contributed by atoms with E-state index in [4.69, 9.17) is 0 Å². The molecule has 0 saturated carbocycles. The highest BCUT2D eigenvalue weighted by Crippen LogP contribution is 2.28. The van der Waals surface area contributed by atoms with E-state index in [0.717, 1.165) is 20.3 Å². The van der Waals surface area contributed by atoms with E-state index in [0.29, 0.717) is 0 Å². The molecule has 0 bridgehead atoms. The monoisotopic (exact) mass is 1500 g/mol. The van der Waals surface area contributed by atoms with E-state index >= 15 is 0 Å². The minimum Gasteiger partial charge on any atom is -0.249 e. The van der Waals surface area contributed by atoms with Gasteiger partial charge in [-0.2, -0.15) is 37.9 Å². The molecule has 22 heteroatoms. The summed E-state index contributed by atoms with van der Waals surface area (Å²) >= 11 is 10.6. The van der Waals surface area contributed by atoms with Gasteiger partial charge in [-0.25, -0.2) is 15.0 Å². The largest absolute Gasteiger partial charge is 0.249 e. The summed E-state index contributed by atoms with van der Waals surface area (Å²) in [4.78, 5) is 12.3. The van der Waals surface area contributed by atoms with Crippen molar-refractivity contribution in [1.82, 2.24) is 15.0 Å². The van der Waals surface area contributed by atoms with Crippen LogP contribution in [0, 0.1) is 0 Å². The first-order valence-corrected chi connectivity index (χ1v) is 52.8. The Bertz CT molecular complexity index is 837. The second kappa shape index (κ2) is 241. The van der Waals surface area contributed by atoms with E-state index in [1.165, 1.54) is 12.8 Å². The molecular formula is C59H143N3S19. The Labute approximate surface area is 598 Å². The van der Waals surface area contributed by atoms with Crippen LogP contribution in [-0.4, -0.2) is 114 Å². The number of rotatable bonds is 14. The lowest BCUT2D eigenvalue weighted by atomic mass is 10.3. The summed E-state index contributed by atoms with van der Waals surface area (Å²) in [6, 6.07) is 17.7. The van der Waals surface area contributed by atoms with E-state index < -0.39 is 0 Å². The zero-order valence-corrected chi connectivity index (χ0v) is 76.4. The van der Waals surface area contributed by atoms with Crippen molar-refractivity contribution in [3.8, 4) is 0 Å². The van der Waals surface area contributed by atoms with E-state index in [1.807, 2.05) is 261 Å². The maximum Gasteiger partial charge on any atom is 0.106 e. The Morgan fingerprint density at radius 3 is 0.506 bits per heavy atom. The molecule has 0 amide bonds. The third-order valence-electron chi connectivity index (χ3n) is 4.23. The molecule has 81 heavy (non-hydrogen) atoms. The molecule has 0 unspecified atom stereocenters. The number of pyridine rings is 3. The molecule has 0 aliphatic heterocycles. The number of thiol groups is 3. The fraction of sp³-hybridized carbons (Fsp3) is 0.746. The highest BCUT2D eigenvalue weighted by Gasteiger charge is 2.00. The van der Waals surface area contributed by atoms with Crippen molar-refractivity contribution >= 4 is 211 Å². The van der Waals surface area contributed by atoms with Gasteiger partial charge in [0.15, 0.2) is 0 Å². The van der Waals surface area contributed by atoms with Crippen molar-refractivity contribution in [2.45, 2.75) is 213 Å². The second-order valence-electron chi connectivity index (χ2n) is 7.29. The van der Waals surface area contributed by atoms with Crippen LogP contribution in [0.25, 0.3) is 0 Å². The van der Waals surface area contributed by atoms with Crippen molar-refractivity contribution in [2.24, 2.45) is 0 Å². The van der Waals surface area contributed by atoms with Gasteiger partial charge in [-0.05, 0) is 175 Å². The Morgan fingerprint density at radius 2 is 0.432 bits per heavy atom. The van der Waals surface area contributed by atoms with Crippen LogP contribution in [0.15, 0.2) is 88.3 Å². The molecule has 0 aliphatic rings. The molecular weight excluding hydrogens is 1360 g/mol. The lowest BCUT2D eigenvalue weighted by Crippen LogP contribution is -1.93. The predicted molar refractivity (Wildman–Crippen MR) is 465 cm³/mol. The lowest BCUT2D eigenvalue weighted by molar-refractivity contribution is 0.797. The Hall–Kier alpha value is 4.10. The second-order valence-corrected chi connectivity index (χ2v) is 28.0. The highest BCUT2D eigenvalue weighted by molar-refractivity contribution is 8.78. The number of hydrogen-bond donors (Lipinski definition) is 3. The third kappa shape index (κ3) is 245. The first-order valence-electron chi connectivity index (χ1n) is 28.0. The summed E-state index contributed by atoms with van der Waals surface area (Å²) in [5.74, 6) is 0. The Morgan fingerprint density at radius 1 is 0.272 bits per heavy atom. The van der Waals surface area contributed by atoms with Crippen LogP contribution in [0.3, 0.4) is 0 Å². The molecule has 3 nitrogen and oxygen atoms in total. The lowest BCUT2D eigenvalue weighted by Gasteiger charge is -2.07. The first kappa shape index (κ1) is 142. The maximum atomic E-state index is 4.11. The van der Waals surface area contributed by atoms with Crippen molar-refractivity contribution in [3.63, 3.8) is 0 Å². The maximum absolute atomic E-state index is 4.11. The molecule has 0 saturated heterocycles. The van der Waals surface area contributed by atoms with Crippen molar-refractivity contribution < 1.29 is 0 Å². The average molecular weight is 1500 g/mol. The molecule has 0 N–H and O–H groups in total. The fourth-order valence-electron chi connectivity index (χ4n) is 2.01. The van der Waals surface area contributed by atoms with Gasteiger partial charge in [0, 0.05) is 23.8 Å². The van der Waals surface area contributed by atoms with E-state index in [2.05, 4.69) is 123 Å². The zero-order valence-electron chi connectivity index (χ0n) is 60.6. The van der Waals surface area contributed by atoms with Crippen LogP contribution in [0.1, 0.15) is 193 Å². The number of hydrogen-bond acceptors (Lipinski definition) is 22. The molecule has 0 aliphatic carbocycles. The van der Waals surface area contributed by atoms with Gasteiger partial charge >= 0.3 is 0 Å². The van der Waals surface area contributed by atoms with Crippen LogP contribution in [0.2, 0.25) is 0 Å². The van der Waals surface area contributed by atoms with Crippen molar-refractivity contribution in [3.05, 3.63) is 73.2 Å². The van der Waals surface area contributed by atoms with Gasteiger partial charge in [0.05, 0.1) is 0 Å². The zero-order chi connectivity index (χ0) is 69.6. The molecule has 0 spiro atoms. The van der Waals surface area contributed by atoms with Crippen molar-refractivity contribution in [1.29, 1.82) is 0 Å². The molecule has 508 valence electrons. The molecule has 3 aromatic heterocycles. The molecule has 3 aromatic rings. The Kier molecular flexibility index (Phi) is 422. The third-order valence-corrected chi connectivity index (χ3v) is 16.9. The van der Waals surface area contributed by atoms with Gasteiger partial charge in [-0.15, -0.1) is 0 Å². The molecule has 0 fully saturated rings. The summed E-state index contributed by atoms with van der Waals surface area (Å²) in [5, 5.41) is 4.10. The van der Waals surface area contributed by atoms with Crippen LogP contribution < -0.4 is 0 Å². The summed E-state index contributed by atoms with van der Waals surface area (Å²) < 4.78 is 0. The first-order chi connectivity index (χ1) is 39.8. The normalized spacial score (nSPS) is 6.78. The molecule has 3 rings (SSSR count). The SMILES string of the molecule is CC.CC.CC.CC.CC.CC.CC.CC.CC.CC.CC.CC.CCC(CC)SSC.CS.CS.CS.CSSC.CSSC.CSSC.CSSC.CSSc1ccccn1.CSSc1ccccn1.CSSc1ccccn1. The van der Waals surface area contributed by atoms with Crippen LogP contribution in [0.4, 0.5) is 0 Å². The minimum atomic E-state index is 0.880. The van der Waals surface area contributed by atoms with Crippen molar-refractivity contribution in [2.75, 3.05) is 93.8 Å². The number of nitrogens with zero attached hydrogens (tertiary/aromatic N) is 3. The standard InChI is InChI=1S/3C6H7NS2.C6H14S2.4C2H6S2.12C2H6.3CH4S/c3*1-8-9-6-4-2-3-5-7-6;1-4-6(5-2)8-7-3;4*1-3-4-2;15*1-2/h3*2-5H,1H3;6H,4-5H2,1-3H3;4*1-2H3;12*1-2H3;3*2H,1H3. The molecule has 0 atom stereocenters. The molecule has 3 heterocycles. The van der Waals surface area contributed by atoms with Crippen LogP contribution in [0.5, 0.6) is 0 Å². The predicted octanol–water partition coefficient (Wildman–Crippen LogP) is 31.0. The van der Waals surface area contributed by atoms with E-state index in [1.54, 1.807) is 188 Å². The molecule has 0 radical (unpaired) electrons. The summed E-state index contributed by atoms with van der Waals surface area (Å²) in [6.45, 7) is 52.5. The Balaban J connectivity index is -0.0000000277. The summed E-state index contributed by atoms with van der Waals surface area (Å²) in [7, 11) is 28.2. The topological polar surface area (TPSA) is 38.7 Å². The van der Waals surface area contributed by atoms with Crippen LogP contribution in [-0.2, 0) is 0 Å². The highest BCUT2D eigenvalue weighted by atomic mass is 33.1.